The summed E-state index contributed by atoms with van der Waals surface area (Å²) >= 11 is 0. The molecular weight excluding hydrogens is 272 g/mol. The number of Topliss-reactive ketones (excluding diaryl/α,β-unsaturated/α-hetero) is 1. The van der Waals surface area contributed by atoms with Crippen molar-refractivity contribution in [1.82, 2.24) is 0 Å². The Hall–Kier alpha value is -2.30. The van der Waals surface area contributed by atoms with E-state index >= 15 is 0 Å². The number of ketones is 1. The van der Waals surface area contributed by atoms with E-state index in [4.69, 9.17) is 14.2 Å². The molecule has 0 unspecified atom stereocenters. The van der Waals surface area contributed by atoms with Crippen LogP contribution < -0.4 is 9.47 Å². The maximum Gasteiger partial charge on any atom is 0.333 e. The molecule has 0 atom stereocenters. The van der Waals surface area contributed by atoms with Gasteiger partial charge >= 0.3 is 5.97 Å². The van der Waals surface area contributed by atoms with E-state index in [-0.39, 0.29) is 18.0 Å². The van der Waals surface area contributed by atoms with Gasteiger partial charge in [-0.25, -0.2) is 4.79 Å². The minimum Gasteiger partial charge on any atom is -0.490 e. The van der Waals surface area contributed by atoms with Crippen molar-refractivity contribution in [3.8, 4) is 11.5 Å². The fourth-order valence-electron chi connectivity index (χ4n) is 1.56. The van der Waals surface area contributed by atoms with Crippen LogP contribution >= 0.6 is 0 Å². The molecule has 0 aliphatic carbocycles. The number of rotatable bonds is 8. The molecular formula is C16H20O5. The van der Waals surface area contributed by atoms with Gasteiger partial charge in [0.15, 0.2) is 23.9 Å². The smallest absolute Gasteiger partial charge is 0.333 e. The van der Waals surface area contributed by atoms with E-state index in [1.54, 1.807) is 18.2 Å². The molecule has 0 aromatic heterocycles. The average Bonchev–Trinajstić information content (AvgIpc) is 2.46. The third-order valence-electron chi connectivity index (χ3n) is 2.55. The molecule has 0 aliphatic rings. The minimum absolute atomic E-state index is 0.254. The molecule has 0 fully saturated rings. The predicted octanol–water partition coefficient (Wildman–Crippen LogP) is 2.79. The quantitative estimate of drug-likeness (QED) is 0.419. The van der Waals surface area contributed by atoms with Gasteiger partial charge in [-0.05, 0) is 39.0 Å². The zero-order valence-electron chi connectivity index (χ0n) is 12.6. The van der Waals surface area contributed by atoms with Gasteiger partial charge < -0.3 is 14.2 Å². The highest BCUT2D eigenvalue weighted by molar-refractivity contribution is 5.99. The molecule has 0 N–H and O–H groups in total. The lowest BCUT2D eigenvalue weighted by Gasteiger charge is -2.12. The van der Waals surface area contributed by atoms with Gasteiger partial charge in [-0.15, -0.1) is 0 Å². The fraction of sp³-hybridized carbons (Fsp3) is 0.375. The maximum atomic E-state index is 12.0. The van der Waals surface area contributed by atoms with Crippen molar-refractivity contribution in [1.29, 1.82) is 0 Å². The van der Waals surface area contributed by atoms with Gasteiger partial charge in [-0.3, -0.25) is 4.79 Å². The molecule has 0 radical (unpaired) electrons. The van der Waals surface area contributed by atoms with Gasteiger partial charge in [0.1, 0.15) is 0 Å². The van der Waals surface area contributed by atoms with Crippen LogP contribution in [0, 0.1) is 0 Å². The molecule has 0 bridgehead atoms. The molecule has 0 spiro atoms. The first-order chi connectivity index (χ1) is 9.99. The molecule has 0 saturated carbocycles. The molecule has 0 aliphatic heterocycles. The van der Waals surface area contributed by atoms with Gasteiger partial charge in [-0.1, -0.05) is 6.58 Å². The van der Waals surface area contributed by atoms with Crippen LogP contribution in [0.15, 0.2) is 30.4 Å². The van der Waals surface area contributed by atoms with E-state index < -0.39 is 5.97 Å². The van der Waals surface area contributed by atoms with Crippen LogP contribution in [-0.4, -0.2) is 31.6 Å². The van der Waals surface area contributed by atoms with Gasteiger partial charge in [0, 0.05) is 11.1 Å². The third-order valence-corrected chi connectivity index (χ3v) is 2.55. The Kier molecular flexibility index (Phi) is 6.46. The summed E-state index contributed by atoms with van der Waals surface area (Å²) in [6, 6.07) is 4.87. The lowest BCUT2D eigenvalue weighted by molar-refractivity contribution is -0.137. The lowest BCUT2D eigenvalue weighted by Crippen LogP contribution is -2.14. The number of hydrogen-bond donors (Lipinski definition) is 0. The summed E-state index contributed by atoms with van der Waals surface area (Å²) in [6.45, 7) is 9.33. The molecule has 5 heteroatoms. The van der Waals surface area contributed by atoms with Gasteiger partial charge in [-0.2, -0.15) is 0 Å². The van der Waals surface area contributed by atoms with Crippen molar-refractivity contribution < 1.29 is 23.8 Å². The Labute approximate surface area is 124 Å². The second-order valence-corrected chi connectivity index (χ2v) is 4.31. The highest BCUT2D eigenvalue weighted by Gasteiger charge is 2.13. The minimum atomic E-state index is -0.584. The Morgan fingerprint density at radius 1 is 1.10 bits per heavy atom. The zero-order chi connectivity index (χ0) is 15.8. The lowest BCUT2D eigenvalue weighted by atomic mass is 10.1. The number of hydrogen-bond acceptors (Lipinski definition) is 5. The Bertz CT molecular complexity index is 533. The van der Waals surface area contributed by atoms with Crippen LogP contribution in [0.3, 0.4) is 0 Å². The molecule has 0 amide bonds. The first-order valence-electron chi connectivity index (χ1n) is 6.75. The van der Waals surface area contributed by atoms with Crippen molar-refractivity contribution in [3.05, 3.63) is 35.9 Å². The molecule has 114 valence electrons. The van der Waals surface area contributed by atoms with Crippen LogP contribution in [0.2, 0.25) is 0 Å². The van der Waals surface area contributed by atoms with Crippen LogP contribution in [0.1, 0.15) is 31.1 Å². The van der Waals surface area contributed by atoms with E-state index in [2.05, 4.69) is 6.58 Å². The molecule has 1 rings (SSSR count). The topological polar surface area (TPSA) is 61.8 Å². The van der Waals surface area contributed by atoms with E-state index in [0.717, 1.165) is 0 Å². The highest BCUT2D eigenvalue weighted by atomic mass is 16.5. The summed E-state index contributed by atoms with van der Waals surface area (Å²) in [7, 11) is 0. The molecule has 5 nitrogen and oxygen atoms in total. The van der Waals surface area contributed by atoms with E-state index in [9.17, 15) is 9.59 Å². The molecule has 1 aromatic carbocycles. The summed E-state index contributed by atoms with van der Waals surface area (Å²) in [5.74, 6) is 0.180. The van der Waals surface area contributed by atoms with Gasteiger partial charge in [0.2, 0.25) is 0 Å². The molecule has 0 heterocycles. The average molecular weight is 292 g/mol. The van der Waals surface area contributed by atoms with Crippen molar-refractivity contribution in [2.75, 3.05) is 19.8 Å². The normalized spacial score (nSPS) is 9.86. The van der Waals surface area contributed by atoms with Crippen LogP contribution in [0.25, 0.3) is 0 Å². The third kappa shape index (κ3) is 4.95. The number of esters is 1. The number of carbonyl (C=O) groups excluding carboxylic acids is 2. The summed E-state index contributed by atoms with van der Waals surface area (Å²) in [6.07, 6.45) is 0. The van der Waals surface area contributed by atoms with Crippen molar-refractivity contribution in [2.45, 2.75) is 20.8 Å². The number of carbonyl (C=O) groups is 2. The van der Waals surface area contributed by atoms with E-state index in [0.29, 0.717) is 30.3 Å². The summed E-state index contributed by atoms with van der Waals surface area (Å²) in [4.78, 5) is 23.3. The van der Waals surface area contributed by atoms with Gasteiger partial charge in [0.05, 0.1) is 13.2 Å². The van der Waals surface area contributed by atoms with Gasteiger partial charge in [0.25, 0.3) is 0 Å². The predicted molar refractivity (Wildman–Crippen MR) is 78.9 cm³/mol. The van der Waals surface area contributed by atoms with E-state index in [1.807, 2.05) is 13.8 Å². The summed E-state index contributed by atoms with van der Waals surface area (Å²) < 4.78 is 15.7. The first-order valence-corrected chi connectivity index (χ1v) is 6.75. The van der Waals surface area contributed by atoms with Crippen molar-refractivity contribution in [3.63, 3.8) is 0 Å². The van der Waals surface area contributed by atoms with Crippen LogP contribution in [-0.2, 0) is 9.53 Å². The number of ether oxygens (including phenoxy) is 3. The first kappa shape index (κ1) is 16.8. The Morgan fingerprint density at radius 2 is 1.71 bits per heavy atom. The SMILES string of the molecule is C=C(C)C(=O)OCC(=O)c1ccc(OCC)c(OCC)c1. The second-order valence-electron chi connectivity index (χ2n) is 4.31. The standard InChI is InChI=1S/C16H20O5/c1-5-19-14-8-7-12(9-15(14)20-6-2)13(17)10-21-16(18)11(3)4/h7-9H,3,5-6,10H2,1-2,4H3. The van der Waals surface area contributed by atoms with Crippen molar-refractivity contribution >= 4 is 11.8 Å². The van der Waals surface area contributed by atoms with E-state index in [1.165, 1.54) is 6.92 Å². The summed E-state index contributed by atoms with van der Waals surface area (Å²) in [5, 5.41) is 0. The highest BCUT2D eigenvalue weighted by Crippen LogP contribution is 2.28. The zero-order valence-corrected chi connectivity index (χ0v) is 12.6. The second kappa shape index (κ2) is 8.09. The number of benzene rings is 1. The maximum absolute atomic E-state index is 12.0. The Morgan fingerprint density at radius 3 is 2.29 bits per heavy atom. The van der Waals surface area contributed by atoms with Crippen LogP contribution in [0.5, 0.6) is 11.5 Å². The fourth-order valence-corrected chi connectivity index (χ4v) is 1.56. The molecule has 1 aromatic rings. The van der Waals surface area contributed by atoms with Crippen LogP contribution in [0.4, 0.5) is 0 Å². The largest absolute Gasteiger partial charge is 0.490 e. The molecule has 0 saturated heterocycles. The summed E-state index contributed by atoms with van der Waals surface area (Å²) in [5.41, 5.74) is 0.654. The Balaban J connectivity index is 2.82. The monoisotopic (exact) mass is 292 g/mol. The molecule has 21 heavy (non-hydrogen) atoms. The van der Waals surface area contributed by atoms with Crippen molar-refractivity contribution in [2.24, 2.45) is 0 Å².